The smallest absolute Gasteiger partial charge is 0.341 e. The van der Waals surface area contributed by atoms with Crippen LogP contribution >= 0.6 is 0 Å². The van der Waals surface area contributed by atoms with Crippen LogP contribution in [0.1, 0.15) is 33.2 Å². The molecule has 0 bridgehead atoms. The minimum Gasteiger partial charge on any atom is -0.508 e. The fourth-order valence-corrected chi connectivity index (χ4v) is 3.79. The lowest BCUT2D eigenvalue weighted by molar-refractivity contribution is -0.0194. The van der Waals surface area contributed by atoms with Crippen molar-refractivity contribution in [1.82, 2.24) is 0 Å². The first-order valence-corrected chi connectivity index (χ1v) is 9.86. The van der Waals surface area contributed by atoms with E-state index in [1.807, 2.05) is 0 Å². The molecule has 2 unspecified atom stereocenters. The van der Waals surface area contributed by atoms with Crippen molar-refractivity contribution in [2.24, 2.45) is 0 Å². The Bertz CT molecular complexity index is 1320. The van der Waals surface area contributed by atoms with Gasteiger partial charge in [0.2, 0.25) is 5.75 Å². The molecule has 1 aliphatic rings. The van der Waals surface area contributed by atoms with Gasteiger partial charge in [0.15, 0.2) is 34.9 Å². The van der Waals surface area contributed by atoms with E-state index in [9.17, 15) is 44.9 Å². The molecule has 0 saturated heterocycles. The molecule has 1 aliphatic heterocycles. The van der Waals surface area contributed by atoms with Crippen LogP contribution in [0.4, 0.5) is 4.39 Å². The average molecular weight is 474 g/mol. The summed E-state index contributed by atoms with van der Waals surface area (Å²) >= 11 is 0. The number of carbonyl (C=O) groups excluding carboxylic acids is 1. The van der Waals surface area contributed by atoms with Crippen molar-refractivity contribution in [1.29, 1.82) is 0 Å². The fourth-order valence-electron chi connectivity index (χ4n) is 3.79. The molecule has 0 aliphatic carbocycles. The van der Waals surface area contributed by atoms with E-state index >= 15 is 0 Å². The lowest BCUT2D eigenvalue weighted by Gasteiger charge is -2.34. The molecule has 0 saturated carbocycles. The number of ether oxygens (including phenoxy) is 2. The summed E-state index contributed by atoms with van der Waals surface area (Å²) in [7, 11) is 0. The molecule has 3 aromatic carbocycles. The number of carbonyl (C=O) groups is 1. The molecule has 11 heteroatoms. The van der Waals surface area contributed by atoms with Crippen molar-refractivity contribution in [3.63, 3.8) is 0 Å². The summed E-state index contributed by atoms with van der Waals surface area (Å²) in [4.78, 5) is 12.8. The summed E-state index contributed by atoms with van der Waals surface area (Å²) in [6, 6.07) is 5.29. The molecule has 0 radical (unpaired) electrons. The zero-order valence-corrected chi connectivity index (χ0v) is 17.5. The number of phenolic OH excluding ortho intramolecular Hbond substituents is 7. The van der Waals surface area contributed by atoms with E-state index < -0.39 is 58.3 Å². The third-order valence-corrected chi connectivity index (χ3v) is 5.51. The molecule has 0 aromatic heterocycles. The second-order valence-electron chi connectivity index (χ2n) is 7.78. The number of benzene rings is 3. The number of halogens is 1. The summed E-state index contributed by atoms with van der Waals surface area (Å²) in [6.07, 6.45) is -2.56. The Kier molecular flexibility index (Phi) is 5.40. The highest BCUT2D eigenvalue weighted by molar-refractivity contribution is 5.91. The van der Waals surface area contributed by atoms with Crippen molar-refractivity contribution in [3.05, 3.63) is 58.4 Å². The molecule has 4 rings (SSSR count). The Morgan fingerprint density at radius 1 is 0.912 bits per heavy atom. The molecule has 0 amide bonds. The molecule has 0 fully saturated rings. The normalized spacial score (nSPS) is 17.0. The minimum atomic E-state index is -1.53. The van der Waals surface area contributed by atoms with Crippen molar-refractivity contribution in [3.8, 4) is 46.0 Å². The Labute approximate surface area is 190 Å². The van der Waals surface area contributed by atoms with Crippen LogP contribution in [-0.4, -0.2) is 47.8 Å². The van der Waals surface area contributed by atoms with Crippen molar-refractivity contribution in [2.45, 2.75) is 25.6 Å². The molecule has 7 N–H and O–H groups in total. The standard InChI is InChI=1S/C23H19FO10/c1-8-2-14(27)15(28)5-10(8)22-18(7-11-13(26)3-9(25)4-17(11)33-22)34-23(32)12-6-16(29)20(30)21(31)19(12)24/h2-6,18,22,25-31H,7H2,1H3. The first kappa shape index (κ1) is 22.6. The van der Waals surface area contributed by atoms with Gasteiger partial charge in [0.25, 0.3) is 0 Å². The van der Waals surface area contributed by atoms with E-state index in [0.717, 1.165) is 6.07 Å². The SMILES string of the molecule is Cc1cc(O)c(O)cc1C1Oc2cc(O)cc(O)c2CC1OC(=O)c1cc(O)c(O)c(O)c1F. The maximum Gasteiger partial charge on any atom is 0.341 e. The van der Waals surface area contributed by atoms with E-state index in [4.69, 9.17) is 9.47 Å². The van der Waals surface area contributed by atoms with Gasteiger partial charge in [0.05, 0.1) is 0 Å². The Hall–Kier alpha value is -4.54. The number of aryl methyl sites for hydroxylation is 1. The van der Waals surface area contributed by atoms with Gasteiger partial charge in [-0.05, 0) is 24.6 Å². The van der Waals surface area contributed by atoms with Gasteiger partial charge in [-0.2, -0.15) is 0 Å². The Morgan fingerprint density at radius 2 is 1.59 bits per heavy atom. The average Bonchev–Trinajstić information content (AvgIpc) is 2.77. The first-order valence-electron chi connectivity index (χ1n) is 9.86. The molecule has 10 nitrogen and oxygen atoms in total. The van der Waals surface area contributed by atoms with Gasteiger partial charge < -0.3 is 45.2 Å². The maximum atomic E-state index is 14.4. The Morgan fingerprint density at radius 3 is 2.29 bits per heavy atom. The topological polar surface area (TPSA) is 177 Å². The van der Waals surface area contributed by atoms with Gasteiger partial charge in [-0.15, -0.1) is 0 Å². The molecule has 178 valence electrons. The van der Waals surface area contributed by atoms with Crippen LogP contribution < -0.4 is 4.74 Å². The maximum absolute atomic E-state index is 14.4. The van der Waals surface area contributed by atoms with Crippen LogP contribution in [0.5, 0.6) is 46.0 Å². The third kappa shape index (κ3) is 3.76. The predicted octanol–water partition coefficient (Wildman–Crippen LogP) is 2.98. The van der Waals surface area contributed by atoms with E-state index in [1.54, 1.807) is 6.92 Å². The summed E-state index contributed by atoms with van der Waals surface area (Å²) in [6.45, 7) is 1.59. The molecule has 3 aromatic rings. The first-order chi connectivity index (χ1) is 16.0. The fraction of sp³-hybridized carbons (Fsp3) is 0.174. The second kappa shape index (κ2) is 8.10. The highest BCUT2D eigenvalue weighted by atomic mass is 19.1. The number of esters is 1. The van der Waals surface area contributed by atoms with E-state index in [-0.39, 0.29) is 34.8 Å². The monoisotopic (exact) mass is 474 g/mol. The van der Waals surface area contributed by atoms with Crippen LogP contribution in [0.25, 0.3) is 0 Å². The highest BCUT2D eigenvalue weighted by Gasteiger charge is 2.38. The van der Waals surface area contributed by atoms with E-state index in [2.05, 4.69) is 0 Å². The van der Waals surface area contributed by atoms with Crippen LogP contribution in [0.2, 0.25) is 0 Å². The number of hydrogen-bond donors (Lipinski definition) is 7. The number of phenols is 7. The second-order valence-corrected chi connectivity index (χ2v) is 7.78. The zero-order valence-electron chi connectivity index (χ0n) is 17.5. The lowest BCUT2D eigenvalue weighted by atomic mass is 9.91. The summed E-state index contributed by atoms with van der Waals surface area (Å²) in [5.74, 6) is -7.80. The number of hydrogen-bond acceptors (Lipinski definition) is 10. The lowest BCUT2D eigenvalue weighted by Crippen LogP contribution is -2.35. The van der Waals surface area contributed by atoms with Gasteiger partial charge >= 0.3 is 5.97 Å². The van der Waals surface area contributed by atoms with Gasteiger partial charge in [0.1, 0.15) is 28.9 Å². The third-order valence-electron chi connectivity index (χ3n) is 5.51. The highest BCUT2D eigenvalue weighted by Crippen LogP contribution is 2.45. The molecule has 2 atom stereocenters. The predicted molar refractivity (Wildman–Crippen MR) is 112 cm³/mol. The van der Waals surface area contributed by atoms with Crippen molar-refractivity contribution >= 4 is 5.97 Å². The summed E-state index contributed by atoms with van der Waals surface area (Å²) < 4.78 is 25.7. The molecular formula is C23H19FO10. The van der Waals surface area contributed by atoms with Gasteiger partial charge in [-0.1, -0.05) is 0 Å². The largest absolute Gasteiger partial charge is 0.508 e. The van der Waals surface area contributed by atoms with Gasteiger partial charge in [0, 0.05) is 35.7 Å². The van der Waals surface area contributed by atoms with E-state index in [0.29, 0.717) is 11.6 Å². The van der Waals surface area contributed by atoms with Crippen molar-refractivity contribution < 1.29 is 54.4 Å². The van der Waals surface area contributed by atoms with E-state index in [1.165, 1.54) is 18.2 Å². The minimum absolute atomic E-state index is 0.0628. The summed E-state index contributed by atoms with van der Waals surface area (Å²) in [5.41, 5.74) is 0.000609. The van der Waals surface area contributed by atoms with Crippen LogP contribution in [0.3, 0.4) is 0 Å². The molecule has 34 heavy (non-hydrogen) atoms. The quantitative estimate of drug-likeness (QED) is 0.221. The van der Waals surface area contributed by atoms with Crippen LogP contribution in [-0.2, 0) is 11.2 Å². The number of aromatic hydroxyl groups is 7. The number of fused-ring (bicyclic) bond motifs is 1. The molecular weight excluding hydrogens is 455 g/mol. The van der Waals surface area contributed by atoms with Gasteiger partial charge in [-0.3, -0.25) is 0 Å². The van der Waals surface area contributed by atoms with Crippen LogP contribution in [0.15, 0.2) is 30.3 Å². The van der Waals surface area contributed by atoms with Crippen molar-refractivity contribution in [2.75, 3.05) is 0 Å². The zero-order chi connectivity index (χ0) is 24.9. The van der Waals surface area contributed by atoms with Gasteiger partial charge in [-0.25, -0.2) is 9.18 Å². The Balaban J connectivity index is 1.78. The molecule has 0 spiro atoms. The molecule has 1 heterocycles. The summed E-state index contributed by atoms with van der Waals surface area (Å²) in [5, 5.41) is 68.5. The number of rotatable bonds is 3. The van der Waals surface area contributed by atoms with Crippen LogP contribution in [0, 0.1) is 12.7 Å².